The first kappa shape index (κ1) is 24.7. The third-order valence-electron chi connectivity index (χ3n) is 6.54. The average molecular weight is 497 g/mol. The van der Waals surface area contributed by atoms with Gasteiger partial charge in [0, 0.05) is 23.4 Å². The Morgan fingerprint density at radius 2 is 1.62 bits per heavy atom. The summed E-state index contributed by atoms with van der Waals surface area (Å²) < 4.78 is 14.7. The highest BCUT2D eigenvalue weighted by molar-refractivity contribution is 7.81. The van der Waals surface area contributed by atoms with Crippen molar-refractivity contribution in [3.63, 3.8) is 0 Å². The van der Waals surface area contributed by atoms with E-state index in [1.165, 1.54) is 14.9 Å². The van der Waals surface area contributed by atoms with Gasteiger partial charge >= 0.3 is 5.69 Å². The molecule has 8 heteroatoms. The van der Waals surface area contributed by atoms with Crippen molar-refractivity contribution in [2.75, 3.05) is 6.61 Å². The Bertz CT molecular complexity index is 1200. The van der Waals surface area contributed by atoms with Gasteiger partial charge < -0.3 is 9.16 Å². The van der Waals surface area contributed by atoms with Crippen LogP contribution in [-0.2, 0) is 9.16 Å². The van der Waals surface area contributed by atoms with Crippen LogP contribution in [0, 0.1) is 6.92 Å². The Labute approximate surface area is 206 Å². The van der Waals surface area contributed by atoms with Crippen molar-refractivity contribution in [3.8, 4) is 0 Å². The van der Waals surface area contributed by atoms with Crippen LogP contribution in [0.1, 0.15) is 39.0 Å². The van der Waals surface area contributed by atoms with Crippen LogP contribution in [0.3, 0.4) is 0 Å². The van der Waals surface area contributed by atoms with Gasteiger partial charge in [-0.3, -0.25) is 14.3 Å². The van der Waals surface area contributed by atoms with Gasteiger partial charge in [0.1, 0.15) is 6.23 Å². The molecule has 1 aliphatic rings. The number of aromatic amines is 1. The number of H-pyrrole nitrogens is 1. The molecule has 6 nitrogen and oxygen atoms in total. The van der Waals surface area contributed by atoms with E-state index in [9.17, 15) is 9.59 Å². The first-order valence-electron chi connectivity index (χ1n) is 11.5. The quantitative estimate of drug-likeness (QED) is 0.407. The molecular formula is C26H32N2O4SSi. The largest absolute Gasteiger partial charge is 0.405 e. The summed E-state index contributed by atoms with van der Waals surface area (Å²) in [7, 11) is -2.71. The second kappa shape index (κ2) is 9.69. The fraction of sp³-hybridized carbons (Fsp3) is 0.385. The van der Waals surface area contributed by atoms with Crippen LogP contribution in [-0.4, -0.2) is 35.8 Å². The van der Waals surface area contributed by atoms with Crippen LogP contribution >= 0.6 is 12.6 Å². The smallest absolute Gasteiger partial charge is 0.330 e. The first-order chi connectivity index (χ1) is 16.1. The predicted molar refractivity (Wildman–Crippen MR) is 141 cm³/mol. The highest BCUT2D eigenvalue weighted by atomic mass is 32.1. The van der Waals surface area contributed by atoms with E-state index >= 15 is 0 Å². The fourth-order valence-electron chi connectivity index (χ4n) is 4.80. The van der Waals surface area contributed by atoms with Gasteiger partial charge in [-0.15, -0.1) is 0 Å². The summed E-state index contributed by atoms with van der Waals surface area (Å²) in [6.07, 6.45) is 1.30. The summed E-state index contributed by atoms with van der Waals surface area (Å²) in [5.74, 6) is 0. The second-order valence-electron chi connectivity index (χ2n) is 9.89. The van der Waals surface area contributed by atoms with E-state index in [2.05, 4.69) is 74.3 Å². The lowest BCUT2D eigenvalue weighted by molar-refractivity contribution is -0.0207. The fourth-order valence-corrected chi connectivity index (χ4v) is 9.71. The molecule has 34 heavy (non-hydrogen) atoms. The predicted octanol–water partition coefficient (Wildman–Crippen LogP) is 3.01. The number of aromatic nitrogens is 2. The molecule has 2 heterocycles. The Morgan fingerprint density at radius 3 is 2.15 bits per heavy atom. The normalized spacial score (nSPS) is 21.0. The maximum Gasteiger partial charge on any atom is 0.330 e. The lowest BCUT2D eigenvalue weighted by Gasteiger charge is -2.43. The van der Waals surface area contributed by atoms with Crippen molar-refractivity contribution in [3.05, 3.63) is 93.3 Å². The van der Waals surface area contributed by atoms with Crippen LogP contribution in [0.2, 0.25) is 5.04 Å². The van der Waals surface area contributed by atoms with Crippen LogP contribution < -0.4 is 21.6 Å². The van der Waals surface area contributed by atoms with E-state index in [1.54, 1.807) is 13.1 Å². The lowest BCUT2D eigenvalue weighted by atomic mass is 10.2. The number of nitrogens with zero attached hydrogens (tertiary/aromatic N) is 1. The maximum absolute atomic E-state index is 12.4. The molecule has 1 fully saturated rings. The number of aryl methyl sites for hydroxylation is 1. The van der Waals surface area contributed by atoms with Crippen molar-refractivity contribution in [2.24, 2.45) is 0 Å². The van der Waals surface area contributed by atoms with Gasteiger partial charge in [0.2, 0.25) is 0 Å². The molecule has 3 atom stereocenters. The number of rotatable bonds is 6. The molecule has 0 saturated carbocycles. The number of nitrogens with one attached hydrogen (secondary N) is 1. The molecule has 0 unspecified atom stereocenters. The van der Waals surface area contributed by atoms with Gasteiger partial charge in [0.05, 0.1) is 12.7 Å². The summed E-state index contributed by atoms with van der Waals surface area (Å²) in [5, 5.41) is 2.15. The minimum absolute atomic E-state index is 0.109. The van der Waals surface area contributed by atoms with Crippen molar-refractivity contribution < 1.29 is 9.16 Å². The van der Waals surface area contributed by atoms with Crippen LogP contribution in [0.25, 0.3) is 0 Å². The van der Waals surface area contributed by atoms with Gasteiger partial charge in [-0.25, -0.2) is 4.79 Å². The maximum atomic E-state index is 12.4. The third-order valence-corrected chi connectivity index (χ3v) is 12.1. The summed E-state index contributed by atoms with van der Waals surface area (Å²) in [6, 6.07) is 20.9. The molecule has 1 aromatic heterocycles. The van der Waals surface area contributed by atoms with Crippen LogP contribution in [0.15, 0.2) is 76.4 Å². The molecule has 0 spiro atoms. The van der Waals surface area contributed by atoms with Crippen molar-refractivity contribution in [1.29, 1.82) is 0 Å². The molecular weight excluding hydrogens is 464 g/mol. The standard InChI is InChI=1S/C26H32N2O4SSi/c1-18-16-28(25(30)27-24(18)29)23-15-22(33)21(32-23)17-31-34(26(2,3)4,19-11-7-5-8-12-19)20-13-9-6-10-14-20/h5-14,16,21-23,33H,15,17H2,1-4H3,(H,27,29,30)/t21-,22+,23-/m1/s1. The minimum atomic E-state index is -2.71. The summed E-state index contributed by atoms with van der Waals surface area (Å²) in [5.41, 5.74) is -0.395. The van der Waals surface area contributed by atoms with E-state index in [-0.39, 0.29) is 22.0 Å². The topological polar surface area (TPSA) is 73.3 Å². The molecule has 4 rings (SSSR count). The van der Waals surface area contributed by atoms with E-state index in [1.807, 2.05) is 12.1 Å². The number of benzene rings is 2. The number of ether oxygens (including phenoxy) is 1. The zero-order valence-corrected chi connectivity index (χ0v) is 21.9. The third kappa shape index (κ3) is 4.60. The molecule has 1 aliphatic heterocycles. The Hall–Kier alpha value is -2.39. The molecule has 0 aliphatic carbocycles. The van der Waals surface area contributed by atoms with Gasteiger partial charge in [0.15, 0.2) is 0 Å². The molecule has 180 valence electrons. The molecule has 1 N–H and O–H groups in total. The van der Waals surface area contributed by atoms with Crippen LogP contribution in [0.5, 0.6) is 0 Å². The van der Waals surface area contributed by atoms with Crippen molar-refractivity contribution in [2.45, 2.75) is 56.7 Å². The SMILES string of the molecule is Cc1cn([C@H]2C[C@H](S)[C@@H](CO[Si](c3ccccc3)(c3ccccc3)C(C)(C)C)O2)c(=O)[nH]c1=O. The van der Waals surface area contributed by atoms with Gasteiger partial charge in [-0.2, -0.15) is 12.6 Å². The highest BCUT2D eigenvalue weighted by Crippen LogP contribution is 2.38. The summed E-state index contributed by atoms with van der Waals surface area (Å²) in [6.45, 7) is 8.73. The number of hydrogen-bond donors (Lipinski definition) is 2. The molecule has 3 aromatic rings. The second-order valence-corrected chi connectivity index (χ2v) is 14.9. The molecule has 0 bridgehead atoms. The number of thiol groups is 1. The number of hydrogen-bond acceptors (Lipinski definition) is 5. The zero-order valence-electron chi connectivity index (χ0n) is 20.0. The van der Waals surface area contributed by atoms with E-state index in [0.717, 1.165) is 0 Å². The average Bonchev–Trinajstić information content (AvgIpc) is 3.17. The molecule has 2 aromatic carbocycles. The van der Waals surface area contributed by atoms with Gasteiger partial charge in [0.25, 0.3) is 13.9 Å². The Balaban J connectivity index is 1.66. The molecule has 0 radical (unpaired) electrons. The molecule has 1 saturated heterocycles. The summed E-state index contributed by atoms with van der Waals surface area (Å²) >= 11 is 4.78. The first-order valence-corrected chi connectivity index (χ1v) is 14.0. The van der Waals surface area contributed by atoms with E-state index in [0.29, 0.717) is 18.6 Å². The molecule has 0 amide bonds. The zero-order chi connectivity index (χ0) is 24.5. The highest BCUT2D eigenvalue weighted by Gasteiger charge is 2.51. The monoisotopic (exact) mass is 496 g/mol. The van der Waals surface area contributed by atoms with Crippen molar-refractivity contribution in [1.82, 2.24) is 9.55 Å². The van der Waals surface area contributed by atoms with Crippen LogP contribution in [0.4, 0.5) is 0 Å². The van der Waals surface area contributed by atoms with Gasteiger partial charge in [-0.1, -0.05) is 81.4 Å². The minimum Gasteiger partial charge on any atom is -0.405 e. The lowest BCUT2D eigenvalue weighted by Crippen LogP contribution is -2.67. The summed E-state index contributed by atoms with van der Waals surface area (Å²) in [4.78, 5) is 26.5. The van der Waals surface area contributed by atoms with E-state index < -0.39 is 20.2 Å². The van der Waals surface area contributed by atoms with E-state index in [4.69, 9.17) is 21.8 Å². The van der Waals surface area contributed by atoms with Gasteiger partial charge in [-0.05, 0) is 22.3 Å². The van der Waals surface area contributed by atoms with Crippen molar-refractivity contribution >= 4 is 31.3 Å². The Morgan fingerprint density at radius 1 is 1.06 bits per heavy atom. The Kier molecular flexibility index (Phi) is 7.05.